The van der Waals surface area contributed by atoms with Crippen LogP contribution in [0.5, 0.6) is 0 Å². The lowest BCUT2D eigenvalue weighted by molar-refractivity contribution is -0.146. The molecular formula is C22H34F2N3O10P. The number of alkyl halides is 2. The van der Waals surface area contributed by atoms with Gasteiger partial charge in [-0.05, 0) is 39.2 Å². The lowest BCUT2D eigenvalue weighted by Gasteiger charge is -2.26. The lowest BCUT2D eigenvalue weighted by Crippen LogP contribution is -2.42. The number of nitrogens with zero attached hydrogens (tertiary/aromatic N) is 2. The van der Waals surface area contributed by atoms with Crippen molar-refractivity contribution in [1.29, 1.82) is 0 Å². The molecule has 1 aliphatic heterocycles. The van der Waals surface area contributed by atoms with E-state index in [0.717, 1.165) is 6.20 Å². The molecule has 1 saturated heterocycles. The predicted molar refractivity (Wildman–Crippen MR) is 127 cm³/mol. The topological polar surface area (TPSA) is 165 Å². The first-order chi connectivity index (χ1) is 17.7. The van der Waals surface area contributed by atoms with E-state index in [-0.39, 0.29) is 31.2 Å². The summed E-state index contributed by atoms with van der Waals surface area (Å²) in [4.78, 5) is 40.0. The number of aliphatic hydroxyl groups excluding tert-OH is 1. The zero-order valence-electron chi connectivity index (χ0n) is 21.8. The predicted octanol–water partition coefficient (Wildman–Crippen LogP) is 1.72. The zero-order chi connectivity index (χ0) is 28.7. The van der Waals surface area contributed by atoms with E-state index in [2.05, 4.69) is 10.1 Å². The van der Waals surface area contributed by atoms with Crippen LogP contribution in [0.4, 0.5) is 8.78 Å². The minimum Gasteiger partial charge on any atom is -0.465 e. The normalized spacial score (nSPS) is 23.1. The molecule has 0 saturated carbocycles. The number of carbonyl (C=O) groups is 2. The van der Waals surface area contributed by atoms with Crippen LogP contribution in [-0.4, -0.2) is 77.2 Å². The number of carbonyl (C=O) groups excluding carboxylic acids is 2. The molecule has 216 valence electrons. The molecule has 38 heavy (non-hydrogen) atoms. The zero-order valence-corrected chi connectivity index (χ0v) is 22.7. The molecule has 2 N–H and O–H groups in total. The van der Waals surface area contributed by atoms with Gasteiger partial charge in [0.1, 0.15) is 12.1 Å². The molecule has 13 nitrogen and oxygen atoms in total. The van der Waals surface area contributed by atoms with Crippen molar-refractivity contribution in [1.82, 2.24) is 14.6 Å². The molecular weight excluding hydrogens is 535 g/mol. The van der Waals surface area contributed by atoms with Gasteiger partial charge in [-0.1, -0.05) is 13.8 Å². The summed E-state index contributed by atoms with van der Waals surface area (Å²) in [5, 5.41) is 12.6. The van der Waals surface area contributed by atoms with Crippen molar-refractivity contribution in [3.05, 3.63) is 28.4 Å². The third-order valence-corrected chi connectivity index (χ3v) is 6.85. The van der Waals surface area contributed by atoms with Crippen molar-refractivity contribution < 1.29 is 51.3 Å². The van der Waals surface area contributed by atoms with Crippen LogP contribution >= 0.6 is 7.75 Å². The minimum absolute atomic E-state index is 0.00535. The Labute approximate surface area is 218 Å². The second-order valence-corrected chi connectivity index (χ2v) is 10.6. The fourth-order valence-electron chi connectivity index (χ4n) is 3.51. The molecule has 1 fully saturated rings. The Balaban J connectivity index is 2.26. The molecule has 0 bridgehead atoms. The Morgan fingerprint density at radius 3 is 2.50 bits per heavy atom. The highest BCUT2D eigenvalue weighted by Crippen LogP contribution is 2.48. The Morgan fingerprint density at radius 2 is 1.92 bits per heavy atom. The molecule has 0 aliphatic carbocycles. The van der Waals surface area contributed by atoms with Crippen LogP contribution in [-0.2, 0) is 37.4 Å². The van der Waals surface area contributed by atoms with Crippen molar-refractivity contribution in [2.75, 3.05) is 26.4 Å². The van der Waals surface area contributed by atoms with E-state index in [1.807, 2.05) is 0 Å². The maximum Gasteiger partial charge on any atom is 0.406 e. The highest BCUT2D eigenvalue weighted by atomic mass is 31.2. The molecule has 1 unspecified atom stereocenters. The van der Waals surface area contributed by atoms with Crippen molar-refractivity contribution in [2.24, 2.45) is 5.92 Å². The third-order valence-electron chi connectivity index (χ3n) is 5.26. The Morgan fingerprint density at radius 1 is 1.26 bits per heavy atom. The number of hydrogen-bond donors (Lipinski definition) is 2. The Bertz CT molecular complexity index is 1070. The Kier molecular flexibility index (Phi) is 11.5. The standard InChI is InChI=1S/C22H34F2N3O10P/c1-6-33-17(28)12-36-38(32,26-15(10-13(3)4)19(30)34-7-2)35-11-16-18(29)22(23,24)20(37-16)27-9-8-14(5)25-21(27)31/h8-9,13,15-16,18,20,29H,6-7,10-12H2,1-5H3,(H,26,32)/t15-,16+,18+,20+,38?/m0/s1. The average Bonchev–Trinajstić information content (AvgIpc) is 3.05. The summed E-state index contributed by atoms with van der Waals surface area (Å²) in [7, 11) is -4.58. The molecule has 1 aromatic heterocycles. The summed E-state index contributed by atoms with van der Waals surface area (Å²) in [5.74, 6) is -5.72. The van der Waals surface area contributed by atoms with Gasteiger partial charge in [-0.3, -0.25) is 18.4 Å². The van der Waals surface area contributed by atoms with E-state index in [9.17, 15) is 32.8 Å². The van der Waals surface area contributed by atoms with E-state index in [4.69, 9.17) is 23.3 Å². The van der Waals surface area contributed by atoms with Crippen molar-refractivity contribution in [2.45, 2.75) is 71.4 Å². The highest BCUT2D eigenvalue weighted by Gasteiger charge is 2.60. The number of halogens is 2. The van der Waals surface area contributed by atoms with Crippen LogP contribution < -0.4 is 10.8 Å². The second kappa shape index (κ2) is 13.7. The van der Waals surface area contributed by atoms with Crippen molar-refractivity contribution in [3.63, 3.8) is 0 Å². The number of esters is 2. The maximum atomic E-state index is 14.9. The largest absolute Gasteiger partial charge is 0.465 e. The fraction of sp³-hybridized carbons (Fsp3) is 0.727. The molecule has 1 aliphatic rings. The first-order valence-corrected chi connectivity index (χ1v) is 13.5. The quantitative estimate of drug-likeness (QED) is 0.247. The fourth-order valence-corrected chi connectivity index (χ4v) is 4.95. The van der Waals surface area contributed by atoms with E-state index in [1.54, 1.807) is 20.8 Å². The minimum atomic E-state index is -4.58. The molecule has 0 aromatic carbocycles. The number of aliphatic hydroxyl groups is 1. The van der Waals surface area contributed by atoms with Crippen LogP contribution in [0.2, 0.25) is 0 Å². The summed E-state index contributed by atoms with van der Waals surface area (Å²) < 4.78 is 69.1. The van der Waals surface area contributed by atoms with Gasteiger partial charge in [0.25, 0.3) is 0 Å². The number of rotatable bonds is 14. The van der Waals surface area contributed by atoms with Gasteiger partial charge in [-0.2, -0.15) is 13.8 Å². The number of aromatic nitrogens is 2. The number of hydrogen-bond acceptors (Lipinski definition) is 11. The van der Waals surface area contributed by atoms with E-state index in [1.165, 1.54) is 19.9 Å². The average molecular weight is 569 g/mol. The molecule has 0 amide bonds. The smallest absolute Gasteiger partial charge is 0.406 e. The summed E-state index contributed by atoms with van der Waals surface area (Å²) >= 11 is 0. The number of aryl methyl sites for hydroxylation is 1. The van der Waals surface area contributed by atoms with E-state index < -0.39 is 69.0 Å². The molecule has 2 heterocycles. The maximum absolute atomic E-state index is 14.9. The summed E-state index contributed by atoms with van der Waals surface area (Å²) in [6, 6.07) is 0.103. The summed E-state index contributed by atoms with van der Waals surface area (Å²) in [6.07, 6.45) is -5.32. The first kappa shape index (κ1) is 31.9. The van der Waals surface area contributed by atoms with Gasteiger partial charge in [-0.25, -0.2) is 19.2 Å². The van der Waals surface area contributed by atoms with Gasteiger partial charge < -0.3 is 19.3 Å². The Hall–Kier alpha value is -2.29. The van der Waals surface area contributed by atoms with Crippen molar-refractivity contribution in [3.8, 4) is 0 Å². The molecule has 0 spiro atoms. The lowest BCUT2D eigenvalue weighted by atomic mass is 10.1. The van der Waals surface area contributed by atoms with Crippen molar-refractivity contribution >= 4 is 19.7 Å². The highest BCUT2D eigenvalue weighted by molar-refractivity contribution is 7.51. The van der Waals surface area contributed by atoms with Gasteiger partial charge in [0.05, 0.1) is 19.8 Å². The van der Waals surface area contributed by atoms with Crippen LogP contribution in [0.1, 0.15) is 46.0 Å². The SMILES string of the molecule is CCOC(=O)COP(=O)(N[C@@H](CC(C)C)C(=O)OCC)OC[C@H]1O[C@@H](n2ccc(C)nc2=O)C(F)(F)[C@@H]1O. The molecule has 2 rings (SSSR count). The van der Waals surface area contributed by atoms with Gasteiger partial charge in [0.15, 0.2) is 12.7 Å². The first-order valence-electron chi connectivity index (χ1n) is 12.0. The molecule has 16 heteroatoms. The van der Waals surface area contributed by atoms with Gasteiger partial charge in [-0.15, -0.1) is 0 Å². The summed E-state index contributed by atoms with van der Waals surface area (Å²) in [6.45, 7) is 6.42. The number of ether oxygens (including phenoxy) is 3. The molecule has 0 radical (unpaired) electrons. The second-order valence-electron chi connectivity index (χ2n) is 8.84. The van der Waals surface area contributed by atoms with Gasteiger partial charge >= 0.3 is 31.3 Å². The monoisotopic (exact) mass is 569 g/mol. The van der Waals surface area contributed by atoms with Gasteiger partial charge in [0, 0.05) is 11.9 Å². The summed E-state index contributed by atoms with van der Waals surface area (Å²) in [5.41, 5.74) is -0.740. The van der Waals surface area contributed by atoms with E-state index in [0.29, 0.717) is 4.57 Å². The van der Waals surface area contributed by atoms with Crippen LogP contribution in [0.25, 0.3) is 0 Å². The van der Waals surface area contributed by atoms with E-state index >= 15 is 0 Å². The number of nitrogens with one attached hydrogen (secondary N) is 1. The third kappa shape index (κ3) is 8.35. The van der Waals surface area contributed by atoms with Gasteiger partial charge in [0.2, 0.25) is 6.23 Å². The molecule has 5 atom stereocenters. The molecule has 1 aromatic rings. The van der Waals surface area contributed by atoms with Crippen LogP contribution in [0, 0.1) is 12.8 Å². The van der Waals surface area contributed by atoms with Crippen LogP contribution in [0.15, 0.2) is 17.1 Å². The van der Waals surface area contributed by atoms with Crippen LogP contribution in [0.3, 0.4) is 0 Å².